The first kappa shape index (κ1) is 13.2. The molecule has 1 saturated heterocycles. The Labute approximate surface area is 118 Å². The average molecular weight is 273 g/mol. The molecule has 1 aliphatic rings. The highest BCUT2D eigenvalue weighted by molar-refractivity contribution is 5.96. The summed E-state index contributed by atoms with van der Waals surface area (Å²) in [6.07, 6.45) is 2.00. The lowest BCUT2D eigenvalue weighted by Gasteiger charge is -2.31. The van der Waals surface area contributed by atoms with Crippen LogP contribution in [0.1, 0.15) is 23.4 Å². The molecular formula is C16H19NO3. The zero-order valence-electron chi connectivity index (χ0n) is 11.7. The van der Waals surface area contributed by atoms with Crippen LogP contribution in [0.15, 0.2) is 34.7 Å². The lowest BCUT2D eigenvalue weighted by molar-refractivity contribution is 0.0587. The second-order valence-corrected chi connectivity index (χ2v) is 5.34. The van der Waals surface area contributed by atoms with Crippen molar-refractivity contribution in [1.82, 2.24) is 4.90 Å². The fourth-order valence-corrected chi connectivity index (χ4v) is 2.78. The van der Waals surface area contributed by atoms with Crippen molar-refractivity contribution in [3.05, 3.63) is 36.1 Å². The van der Waals surface area contributed by atoms with Crippen LogP contribution in [0.2, 0.25) is 0 Å². The number of likely N-dealkylation sites (tertiary alicyclic amines) is 1. The van der Waals surface area contributed by atoms with Crippen LogP contribution in [0.3, 0.4) is 0 Å². The molecular weight excluding hydrogens is 254 g/mol. The van der Waals surface area contributed by atoms with Gasteiger partial charge in [0, 0.05) is 32.2 Å². The molecule has 1 aromatic heterocycles. The van der Waals surface area contributed by atoms with Crippen LogP contribution in [0.25, 0.3) is 11.0 Å². The van der Waals surface area contributed by atoms with Crippen molar-refractivity contribution in [2.45, 2.75) is 12.8 Å². The SMILES string of the molecule is COCC1CCN(C(=O)c2cc3ccccc3o2)CC1. The van der Waals surface area contributed by atoms with Gasteiger partial charge < -0.3 is 14.1 Å². The van der Waals surface area contributed by atoms with Crippen molar-refractivity contribution < 1.29 is 13.9 Å². The number of carbonyl (C=O) groups is 1. The van der Waals surface area contributed by atoms with E-state index in [-0.39, 0.29) is 5.91 Å². The molecule has 4 heteroatoms. The maximum Gasteiger partial charge on any atom is 0.289 e. The first-order valence-electron chi connectivity index (χ1n) is 7.04. The van der Waals surface area contributed by atoms with E-state index in [1.807, 2.05) is 35.2 Å². The van der Waals surface area contributed by atoms with Gasteiger partial charge in [0.1, 0.15) is 5.58 Å². The molecule has 1 fully saturated rings. The van der Waals surface area contributed by atoms with Crippen LogP contribution in [-0.2, 0) is 4.74 Å². The Hall–Kier alpha value is -1.81. The molecule has 2 heterocycles. The van der Waals surface area contributed by atoms with E-state index in [0.717, 1.165) is 43.5 Å². The molecule has 0 spiro atoms. The lowest BCUT2D eigenvalue weighted by atomic mass is 9.97. The number of methoxy groups -OCH3 is 1. The largest absolute Gasteiger partial charge is 0.451 e. The fourth-order valence-electron chi connectivity index (χ4n) is 2.78. The minimum atomic E-state index is -0.00272. The molecule has 20 heavy (non-hydrogen) atoms. The Morgan fingerprint density at radius 3 is 2.80 bits per heavy atom. The number of hydrogen-bond donors (Lipinski definition) is 0. The summed E-state index contributed by atoms with van der Waals surface area (Å²) in [4.78, 5) is 14.3. The zero-order chi connectivity index (χ0) is 13.9. The van der Waals surface area contributed by atoms with Gasteiger partial charge in [-0.15, -0.1) is 0 Å². The molecule has 1 aromatic carbocycles. The van der Waals surface area contributed by atoms with Gasteiger partial charge in [0.2, 0.25) is 0 Å². The molecule has 3 rings (SSSR count). The fraction of sp³-hybridized carbons (Fsp3) is 0.438. The highest BCUT2D eigenvalue weighted by Crippen LogP contribution is 2.23. The van der Waals surface area contributed by atoms with E-state index >= 15 is 0 Å². The number of piperidine rings is 1. The Balaban J connectivity index is 1.70. The van der Waals surface area contributed by atoms with Crippen molar-refractivity contribution in [2.24, 2.45) is 5.92 Å². The van der Waals surface area contributed by atoms with Gasteiger partial charge in [-0.1, -0.05) is 18.2 Å². The topological polar surface area (TPSA) is 42.7 Å². The van der Waals surface area contributed by atoms with Gasteiger partial charge >= 0.3 is 0 Å². The predicted molar refractivity (Wildman–Crippen MR) is 76.7 cm³/mol. The van der Waals surface area contributed by atoms with Crippen LogP contribution in [0.5, 0.6) is 0 Å². The molecule has 0 bridgehead atoms. The first-order chi connectivity index (χ1) is 9.78. The van der Waals surface area contributed by atoms with E-state index in [0.29, 0.717) is 11.7 Å². The van der Waals surface area contributed by atoms with Gasteiger partial charge in [0.15, 0.2) is 5.76 Å². The van der Waals surface area contributed by atoms with E-state index < -0.39 is 0 Å². The number of carbonyl (C=O) groups excluding carboxylic acids is 1. The average Bonchev–Trinajstić information content (AvgIpc) is 2.91. The van der Waals surface area contributed by atoms with E-state index in [9.17, 15) is 4.79 Å². The number of hydrogen-bond acceptors (Lipinski definition) is 3. The van der Waals surface area contributed by atoms with E-state index in [1.165, 1.54) is 0 Å². The summed E-state index contributed by atoms with van der Waals surface area (Å²) in [5.74, 6) is 1.01. The number of amides is 1. The molecule has 0 N–H and O–H groups in total. The van der Waals surface area contributed by atoms with Gasteiger partial charge in [0.25, 0.3) is 5.91 Å². The smallest absolute Gasteiger partial charge is 0.289 e. The Morgan fingerprint density at radius 2 is 2.10 bits per heavy atom. The molecule has 0 atom stereocenters. The van der Waals surface area contributed by atoms with E-state index in [2.05, 4.69) is 0 Å². The summed E-state index contributed by atoms with van der Waals surface area (Å²) in [5.41, 5.74) is 0.769. The summed E-state index contributed by atoms with van der Waals surface area (Å²) in [6.45, 7) is 2.35. The van der Waals surface area contributed by atoms with E-state index in [4.69, 9.17) is 9.15 Å². The van der Waals surface area contributed by atoms with Crippen LogP contribution in [0, 0.1) is 5.92 Å². The highest BCUT2D eigenvalue weighted by atomic mass is 16.5. The van der Waals surface area contributed by atoms with Gasteiger partial charge in [-0.2, -0.15) is 0 Å². The van der Waals surface area contributed by atoms with Gasteiger partial charge in [-0.3, -0.25) is 4.79 Å². The number of furan rings is 1. The normalized spacial score (nSPS) is 16.8. The van der Waals surface area contributed by atoms with Crippen molar-refractivity contribution in [3.8, 4) is 0 Å². The predicted octanol–water partition coefficient (Wildman–Crippen LogP) is 2.93. The van der Waals surface area contributed by atoms with Gasteiger partial charge in [-0.25, -0.2) is 0 Å². The molecule has 1 amide bonds. The number of fused-ring (bicyclic) bond motifs is 1. The van der Waals surface area contributed by atoms with Gasteiger partial charge in [0.05, 0.1) is 0 Å². The van der Waals surface area contributed by atoms with Crippen molar-refractivity contribution >= 4 is 16.9 Å². The molecule has 2 aromatic rings. The number of para-hydroxylation sites is 1. The molecule has 106 valence electrons. The van der Waals surface area contributed by atoms with Gasteiger partial charge in [-0.05, 0) is 30.9 Å². The third kappa shape index (κ3) is 2.56. The van der Waals surface area contributed by atoms with Crippen molar-refractivity contribution in [2.75, 3.05) is 26.8 Å². The third-order valence-electron chi connectivity index (χ3n) is 3.94. The second kappa shape index (κ2) is 5.67. The third-order valence-corrected chi connectivity index (χ3v) is 3.94. The Bertz CT molecular complexity index is 564. The zero-order valence-corrected chi connectivity index (χ0v) is 11.7. The summed E-state index contributed by atoms with van der Waals surface area (Å²) in [5, 5.41) is 0.977. The monoisotopic (exact) mass is 273 g/mol. The number of benzene rings is 1. The van der Waals surface area contributed by atoms with Crippen molar-refractivity contribution in [3.63, 3.8) is 0 Å². The Kier molecular flexibility index (Phi) is 3.74. The summed E-state index contributed by atoms with van der Waals surface area (Å²) >= 11 is 0. The second-order valence-electron chi connectivity index (χ2n) is 5.34. The summed E-state index contributed by atoms with van der Waals surface area (Å²) in [6, 6.07) is 9.54. The number of rotatable bonds is 3. The van der Waals surface area contributed by atoms with Crippen LogP contribution in [0.4, 0.5) is 0 Å². The molecule has 0 aliphatic carbocycles. The molecule has 0 unspecified atom stereocenters. The highest BCUT2D eigenvalue weighted by Gasteiger charge is 2.25. The van der Waals surface area contributed by atoms with Crippen LogP contribution in [-0.4, -0.2) is 37.6 Å². The summed E-state index contributed by atoms with van der Waals surface area (Å²) in [7, 11) is 1.73. The van der Waals surface area contributed by atoms with Crippen LogP contribution >= 0.6 is 0 Å². The number of ether oxygens (including phenoxy) is 1. The lowest BCUT2D eigenvalue weighted by Crippen LogP contribution is -2.39. The first-order valence-corrected chi connectivity index (χ1v) is 7.04. The standard InChI is InChI=1S/C16H19NO3/c1-19-11-12-6-8-17(9-7-12)16(18)15-10-13-4-2-3-5-14(13)20-15/h2-5,10,12H,6-9,11H2,1H3. The molecule has 4 nitrogen and oxygen atoms in total. The maximum absolute atomic E-state index is 12.4. The molecule has 0 saturated carbocycles. The quantitative estimate of drug-likeness (QED) is 0.863. The Morgan fingerprint density at radius 1 is 1.35 bits per heavy atom. The van der Waals surface area contributed by atoms with Crippen LogP contribution < -0.4 is 0 Å². The maximum atomic E-state index is 12.4. The van der Waals surface area contributed by atoms with Crippen molar-refractivity contribution in [1.29, 1.82) is 0 Å². The number of nitrogens with zero attached hydrogens (tertiary/aromatic N) is 1. The summed E-state index contributed by atoms with van der Waals surface area (Å²) < 4.78 is 10.8. The minimum absolute atomic E-state index is 0.00272. The van der Waals surface area contributed by atoms with E-state index in [1.54, 1.807) is 7.11 Å². The molecule has 0 radical (unpaired) electrons. The molecule has 1 aliphatic heterocycles. The minimum Gasteiger partial charge on any atom is -0.451 e.